The molecule has 0 aromatic carbocycles. The summed E-state index contributed by atoms with van der Waals surface area (Å²) in [7, 11) is 0. The van der Waals surface area contributed by atoms with Gasteiger partial charge in [0, 0.05) is 19.0 Å². The van der Waals surface area contributed by atoms with Crippen LogP contribution in [0.15, 0.2) is 0 Å². The molecule has 0 saturated heterocycles. The maximum atomic E-state index is 11.3. The molecule has 2 N–H and O–H groups in total. The summed E-state index contributed by atoms with van der Waals surface area (Å²) in [6, 6.07) is 0.507. The van der Waals surface area contributed by atoms with Crippen LogP contribution in [0.1, 0.15) is 44.9 Å². The summed E-state index contributed by atoms with van der Waals surface area (Å²) >= 11 is 0. The first-order valence-corrected chi connectivity index (χ1v) is 6.34. The normalized spacial score (nSPS) is 21.1. The van der Waals surface area contributed by atoms with Gasteiger partial charge in [0.2, 0.25) is 5.91 Å². The second-order valence-corrected chi connectivity index (χ2v) is 4.93. The highest BCUT2D eigenvalue weighted by Crippen LogP contribution is 2.28. The molecule has 0 bridgehead atoms. The Bertz CT molecular complexity index is 210. The number of hydrogen-bond acceptors (Lipinski definition) is 2. The summed E-state index contributed by atoms with van der Waals surface area (Å²) in [5, 5.41) is 6.35. The van der Waals surface area contributed by atoms with Gasteiger partial charge < -0.3 is 10.6 Å². The van der Waals surface area contributed by atoms with E-state index in [4.69, 9.17) is 0 Å². The third-order valence-electron chi connectivity index (χ3n) is 3.43. The number of rotatable bonds is 7. The molecule has 2 aliphatic carbocycles. The van der Waals surface area contributed by atoms with Gasteiger partial charge in [0.05, 0.1) is 0 Å². The van der Waals surface area contributed by atoms with E-state index in [1.807, 2.05) is 0 Å². The maximum absolute atomic E-state index is 11.3. The van der Waals surface area contributed by atoms with Crippen LogP contribution in [0, 0.1) is 5.92 Å². The second-order valence-electron chi connectivity index (χ2n) is 4.93. The standard InChI is InChI=1S/C12H22N2O/c15-12(14-11-4-5-11)7-9-13-8-6-10-2-1-3-10/h10-11,13H,1-9H2,(H,14,15). The van der Waals surface area contributed by atoms with E-state index in [1.165, 1.54) is 38.5 Å². The van der Waals surface area contributed by atoms with E-state index in [0.29, 0.717) is 12.5 Å². The molecule has 0 atom stereocenters. The zero-order valence-electron chi connectivity index (χ0n) is 9.43. The first-order valence-electron chi connectivity index (χ1n) is 6.34. The van der Waals surface area contributed by atoms with Gasteiger partial charge in [-0.2, -0.15) is 0 Å². The lowest BCUT2D eigenvalue weighted by molar-refractivity contribution is -0.121. The fourth-order valence-electron chi connectivity index (χ4n) is 1.94. The van der Waals surface area contributed by atoms with Gasteiger partial charge in [0.15, 0.2) is 0 Å². The first kappa shape index (κ1) is 10.9. The molecule has 1 amide bonds. The third-order valence-corrected chi connectivity index (χ3v) is 3.43. The molecule has 15 heavy (non-hydrogen) atoms. The molecule has 0 heterocycles. The summed E-state index contributed by atoms with van der Waals surface area (Å²) in [4.78, 5) is 11.3. The Hall–Kier alpha value is -0.570. The fraction of sp³-hybridized carbons (Fsp3) is 0.917. The highest BCUT2D eigenvalue weighted by Gasteiger charge is 2.22. The Kier molecular flexibility index (Phi) is 4.01. The number of carbonyl (C=O) groups excluding carboxylic acids is 1. The molecular weight excluding hydrogens is 188 g/mol. The highest BCUT2D eigenvalue weighted by atomic mass is 16.1. The maximum Gasteiger partial charge on any atom is 0.221 e. The van der Waals surface area contributed by atoms with E-state index >= 15 is 0 Å². The molecule has 86 valence electrons. The number of carbonyl (C=O) groups is 1. The van der Waals surface area contributed by atoms with E-state index in [1.54, 1.807) is 0 Å². The van der Waals surface area contributed by atoms with Crippen LogP contribution < -0.4 is 10.6 Å². The minimum Gasteiger partial charge on any atom is -0.353 e. The van der Waals surface area contributed by atoms with Crippen molar-refractivity contribution in [3.63, 3.8) is 0 Å². The van der Waals surface area contributed by atoms with Crippen LogP contribution in [0.4, 0.5) is 0 Å². The molecule has 0 aliphatic heterocycles. The summed E-state index contributed by atoms with van der Waals surface area (Å²) < 4.78 is 0. The predicted molar refractivity (Wildman–Crippen MR) is 60.6 cm³/mol. The Morgan fingerprint density at radius 2 is 1.93 bits per heavy atom. The molecule has 0 unspecified atom stereocenters. The van der Waals surface area contributed by atoms with Crippen molar-refractivity contribution in [1.82, 2.24) is 10.6 Å². The molecule has 2 aliphatic rings. The van der Waals surface area contributed by atoms with Gasteiger partial charge in [-0.1, -0.05) is 19.3 Å². The Morgan fingerprint density at radius 1 is 1.13 bits per heavy atom. The van der Waals surface area contributed by atoms with Gasteiger partial charge in [0.1, 0.15) is 0 Å². The van der Waals surface area contributed by atoms with Gasteiger partial charge in [-0.25, -0.2) is 0 Å². The highest BCUT2D eigenvalue weighted by molar-refractivity contribution is 5.76. The quantitative estimate of drug-likeness (QED) is 0.624. The predicted octanol–water partition coefficient (Wildman–Crippen LogP) is 1.43. The number of amides is 1. The van der Waals surface area contributed by atoms with Crippen LogP contribution >= 0.6 is 0 Å². The smallest absolute Gasteiger partial charge is 0.221 e. The number of hydrogen-bond donors (Lipinski definition) is 2. The SMILES string of the molecule is O=C(CCNCCC1CCC1)NC1CC1. The largest absolute Gasteiger partial charge is 0.353 e. The monoisotopic (exact) mass is 210 g/mol. The van der Waals surface area contributed by atoms with Crippen molar-refractivity contribution in [3.05, 3.63) is 0 Å². The molecule has 0 spiro atoms. The zero-order chi connectivity index (χ0) is 10.5. The summed E-state index contributed by atoms with van der Waals surface area (Å²) in [5.74, 6) is 1.19. The lowest BCUT2D eigenvalue weighted by atomic mass is 9.83. The molecule has 2 rings (SSSR count). The average molecular weight is 210 g/mol. The van der Waals surface area contributed by atoms with Crippen LogP contribution in [0.3, 0.4) is 0 Å². The summed E-state index contributed by atoms with van der Waals surface area (Å²) in [6.07, 6.45) is 8.56. The first-order chi connectivity index (χ1) is 7.34. The molecule has 3 nitrogen and oxygen atoms in total. The van der Waals surface area contributed by atoms with E-state index in [-0.39, 0.29) is 5.91 Å². The molecule has 0 aromatic heterocycles. The van der Waals surface area contributed by atoms with Gasteiger partial charge in [-0.15, -0.1) is 0 Å². The average Bonchev–Trinajstić information content (AvgIpc) is 2.91. The second kappa shape index (κ2) is 5.50. The third kappa shape index (κ3) is 4.20. The molecular formula is C12H22N2O. The lowest BCUT2D eigenvalue weighted by Crippen LogP contribution is -2.30. The van der Waals surface area contributed by atoms with Gasteiger partial charge in [-0.05, 0) is 31.7 Å². The molecule has 2 fully saturated rings. The van der Waals surface area contributed by atoms with Gasteiger partial charge >= 0.3 is 0 Å². The van der Waals surface area contributed by atoms with E-state index < -0.39 is 0 Å². The van der Waals surface area contributed by atoms with E-state index in [0.717, 1.165) is 19.0 Å². The van der Waals surface area contributed by atoms with E-state index in [2.05, 4.69) is 10.6 Å². The minimum absolute atomic E-state index is 0.216. The van der Waals surface area contributed by atoms with Crippen LogP contribution in [-0.4, -0.2) is 25.0 Å². The van der Waals surface area contributed by atoms with Crippen molar-refractivity contribution in [2.75, 3.05) is 13.1 Å². The van der Waals surface area contributed by atoms with Crippen LogP contribution in [0.2, 0.25) is 0 Å². The Balaban J connectivity index is 1.38. The fourth-order valence-corrected chi connectivity index (χ4v) is 1.94. The molecule has 0 aromatic rings. The summed E-state index contributed by atoms with van der Waals surface area (Å²) in [6.45, 7) is 1.92. The van der Waals surface area contributed by atoms with Crippen molar-refractivity contribution in [2.24, 2.45) is 5.92 Å². The Labute approximate surface area is 92.0 Å². The van der Waals surface area contributed by atoms with Crippen molar-refractivity contribution in [1.29, 1.82) is 0 Å². The van der Waals surface area contributed by atoms with Crippen molar-refractivity contribution >= 4 is 5.91 Å². The lowest BCUT2D eigenvalue weighted by Gasteiger charge is -2.25. The van der Waals surface area contributed by atoms with Crippen molar-refractivity contribution in [3.8, 4) is 0 Å². The minimum atomic E-state index is 0.216. The van der Waals surface area contributed by atoms with Gasteiger partial charge in [-0.3, -0.25) is 4.79 Å². The van der Waals surface area contributed by atoms with Crippen LogP contribution in [-0.2, 0) is 4.79 Å². The Morgan fingerprint density at radius 3 is 2.53 bits per heavy atom. The summed E-state index contributed by atoms with van der Waals surface area (Å²) in [5.41, 5.74) is 0. The van der Waals surface area contributed by atoms with Crippen molar-refractivity contribution < 1.29 is 4.79 Å². The van der Waals surface area contributed by atoms with Gasteiger partial charge in [0.25, 0.3) is 0 Å². The number of nitrogens with one attached hydrogen (secondary N) is 2. The van der Waals surface area contributed by atoms with Crippen LogP contribution in [0.5, 0.6) is 0 Å². The van der Waals surface area contributed by atoms with Crippen LogP contribution in [0.25, 0.3) is 0 Å². The molecule has 3 heteroatoms. The van der Waals surface area contributed by atoms with E-state index in [9.17, 15) is 4.79 Å². The molecule has 0 radical (unpaired) electrons. The van der Waals surface area contributed by atoms with Crippen molar-refractivity contribution in [2.45, 2.75) is 51.0 Å². The topological polar surface area (TPSA) is 41.1 Å². The zero-order valence-corrected chi connectivity index (χ0v) is 9.43. The molecule has 2 saturated carbocycles.